The van der Waals surface area contributed by atoms with E-state index in [1.54, 1.807) is 30.3 Å². The lowest BCUT2D eigenvalue weighted by molar-refractivity contribution is 0.0928. The average Bonchev–Trinajstić information content (AvgIpc) is 3.19. The number of imidazole rings is 1. The molecule has 1 unspecified atom stereocenters. The Morgan fingerprint density at radius 1 is 1.17 bits per heavy atom. The molecule has 3 heterocycles. The number of aromatic nitrogens is 3. The predicted octanol–water partition coefficient (Wildman–Crippen LogP) is 5.03. The Morgan fingerprint density at radius 3 is 2.70 bits per heavy atom. The minimum Gasteiger partial charge on any atom is -0.339 e. The summed E-state index contributed by atoms with van der Waals surface area (Å²) in [6.07, 6.45) is -2.31. The molecule has 0 bridgehead atoms. The van der Waals surface area contributed by atoms with Crippen LogP contribution in [0.2, 0.25) is 15.2 Å². The Balaban J connectivity index is 1.55. The van der Waals surface area contributed by atoms with E-state index in [-0.39, 0.29) is 13.1 Å². The number of amides is 2. The van der Waals surface area contributed by atoms with Gasteiger partial charge in [-0.25, -0.2) is 23.5 Å². The lowest BCUT2D eigenvalue weighted by atomic mass is 10.1. The molecule has 1 aliphatic rings. The average molecular weight is 475 g/mol. The van der Waals surface area contributed by atoms with Crippen LogP contribution >= 0.6 is 34.8 Å². The Labute approximate surface area is 185 Å². The van der Waals surface area contributed by atoms with Crippen LogP contribution < -0.4 is 0 Å². The summed E-state index contributed by atoms with van der Waals surface area (Å²) in [7, 11) is 0. The van der Waals surface area contributed by atoms with Gasteiger partial charge in [-0.3, -0.25) is 0 Å². The zero-order chi connectivity index (χ0) is 21.4. The first-order chi connectivity index (χ1) is 14.3. The van der Waals surface area contributed by atoms with Gasteiger partial charge in [-0.15, -0.1) is 0 Å². The summed E-state index contributed by atoms with van der Waals surface area (Å²) in [5.74, 6) is 0.496. The second kappa shape index (κ2) is 8.53. The third-order valence-corrected chi connectivity index (χ3v) is 5.69. The van der Waals surface area contributed by atoms with Crippen molar-refractivity contribution in [1.29, 1.82) is 0 Å². The zero-order valence-electron chi connectivity index (χ0n) is 15.5. The number of benzene rings is 1. The van der Waals surface area contributed by atoms with Crippen LogP contribution in [0.15, 0.2) is 30.3 Å². The molecular weight excluding hydrogens is 459 g/mol. The number of aromatic amines is 1. The number of hydrogen-bond acceptors (Lipinski definition) is 3. The molecule has 6 nitrogen and oxygen atoms in total. The van der Waals surface area contributed by atoms with Crippen LogP contribution in [0.25, 0.3) is 11.2 Å². The minimum atomic E-state index is -2.64. The number of nitrogens with zero attached hydrogens (tertiary/aromatic N) is 4. The molecule has 0 radical (unpaired) electrons. The monoisotopic (exact) mass is 473 g/mol. The summed E-state index contributed by atoms with van der Waals surface area (Å²) in [4.78, 5) is 27.0. The van der Waals surface area contributed by atoms with Crippen LogP contribution in [0, 0.1) is 0 Å². The Hall–Kier alpha value is -2.16. The number of carbonyl (C=O) groups excluding carboxylic acids is 1. The summed E-state index contributed by atoms with van der Waals surface area (Å²) >= 11 is 18.1. The summed E-state index contributed by atoms with van der Waals surface area (Å²) in [5, 5.41) is 1.22. The number of alkyl halides is 2. The van der Waals surface area contributed by atoms with E-state index in [0.717, 1.165) is 5.56 Å². The predicted molar refractivity (Wildman–Crippen MR) is 111 cm³/mol. The van der Waals surface area contributed by atoms with E-state index in [1.165, 1.54) is 9.80 Å². The van der Waals surface area contributed by atoms with Gasteiger partial charge in [0.1, 0.15) is 11.0 Å². The fourth-order valence-electron chi connectivity index (χ4n) is 3.57. The fourth-order valence-corrected chi connectivity index (χ4v) is 4.20. The van der Waals surface area contributed by atoms with E-state index < -0.39 is 25.0 Å². The molecular formula is C19H16Cl3F2N5O. The Morgan fingerprint density at radius 2 is 1.97 bits per heavy atom. The summed E-state index contributed by atoms with van der Waals surface area (Å²) in [6.45, 7) is -0.254. The van der Waals surface area contributed by atoms with Gasteiger partial charge in [0.15, 0.2) is 5.65 Å². The number of carbonyl (C=O) groups is 1. The first kappa shape index (κ1) is 21.1. The fraction of sp³-hybridized carbons (Fsp3) is 0.316. The van der Waals surface area contributed by atoms with Crippen LogP contribution in [0.3, 0.4) is 0 Å². The number of hydrogen-bond donors (Lipinski definition) is 1. The number of pyridine rings is 1. The first-order valence-corrected chi connectivity index (χ1v) is 10.2. The smallest absolute Gasteiger partial charge is 0.321 e. The van der Waals surface area contributed by atoms with E-state index in [1.807, 2.05) is 0 Å². The number of fused-ring (bicyclic) bond motifs is 1. The molecule has 1 atom stereocenters. The van der Waals surface area contributed by atoms with Crippen molar-refractivity contribution in [2.24, 2.45) is 0 Å². The zero-order valence-corrected chi connectivity index (χ0v) is 17.7. The number of urea groups is 1. The van der Waals surface area contributed by atoms with Crippen molar-refractivity contribution in [3.8, 4) is 0 Å². The summed E-state index contributed by atoms with van der Waals surface area (Å²) < 4.78 is 26.3. The molecule has 1 N–H and O–H groups in total. The van der Waals surface area contributed by atoms with Gasteiger partial charge >= 0.3 is 6.03 Å². The Kier molecular flexibility index (Phi) is 5.99. The van der Waals surface area contributed by atoms with Crippen LogP contribution in [-0.2, 0) is 13.0 Å². The van der Waals surface area contributed by atoms with Crippen LogP contribution in [0.1, 0.15) is 11.4 Å². The number of halogens is 5. The van der Waals surface area contributed by atoms with Gasteiger partial charge in [0.2, 0.25) is 0 Å². The van der Waals surface area contributed by atoms with Gasteiger partial charge < -0.3 is 14.8 Å². The molecule has 1 saturated heterocycles. The maximum Gasteiger partial charge on any atom is 0.321 e. The van der Waals surface area contributed by atoms with Crippen LogP contribution in [-0.4, -0.2) is 56.3 Å². The highest BCUT2D eigenvalue weighted by Crippen LogP contribution is 2.27. The summed E-state index contributed by atoms with van der Waals surface area (Å²) in [5.41, 5.74) is 1.84. The third kappa shape index (κ3) is 4.45. The van der Waals surface area contributed by atoms with E-state index in [2.05, 4.69) is 15.0 Å². The van der Waals surface area contributed by atoms with Crippen molar-refractivity contribution in [3.63, 3.8) is 0 Å². The van der Waals surface area contributed by atoms with Crippen LogP contribution in [0.4, 0.5) is 13.6 Å². The number of nitrogens with one attached hydrogen (secondary N) is 1. The SMILES string of the molecule is O=C1N(Cc2nc3nc(Cl)ccc3[nH]2)CC(Cc2ccc(Cl)cc2Cl)N1CC(F)F. The van der Waals surface area contributed by atoms with Gasteiger partial charge in [-0.1, -0.05) is 40.9 Å². The highest BCUT2D eigenvalue weighted by atomic mass is 35.5. The molecule has 158 valence electrons. The summed E-state index contributed by atoms with van der Waals surface area (Å²) in [6, 6.07) is 7.45. The normalized spacial score (nSPS) is 17.0. The molecule has 2 aromatic heterocycles. The Bertz CT molecular complexity index is 1090. The van der Waals surface area contributed by atoms with Gasteiger partial charge in [0, 0.05) is 16.6 Å². The molecule has 0 saturated carbocycles. The molecule has 4 rings (SSSR count). The molecule has 1 aliphatic heterocycles. The maximum absolute atomic E-state index is 13.1. The largest absolute Gasteiger partial charge is 0.339 e. The second-order valence-electron chi connectivity index (χ2n) is 6.99. The topological polar surface area (TPSA) is 65.1 Å². The van der Waals surface area contributed by atoms with Crippen molar-refractivity contribution < 1.29 is 13.6 Å². The number of H-pyrrole nitrogens is 1. The van der Waals surface area contributed by atoms with Crippen molar-refractivity contribution in [2.75, 3.05) is 13.1 Å². The van der Waals surface area contributed by atoms with Crippen molar-refractivity contribution >= 4 is 52.0 Å². The minimum absolute atomic E-state index is 0.136. The van der Waals surface area contributed by atoms with Crippen molar-refractivity contribution in [3.05, 3.63) is 56.9 Å². The van der Waals surface area contributed by atoms with E-state index >= 15 is 0 Å². The number of rotatable bonds is 6. The van der Waals surface area contributed by atoms with E-state index in [4.69, 9.17) is 34.8 Å². The molecule has 1 aromatic carbocycles. The standard InChI is InChI=1S/C19H16Cl3F2N5O/c20-11-2-1-10(13(21)6-11)5-12-7-28(19(30)29(12)8-16(23)24)9-17-25-14-3-4-15(22)26-18(14)27-17/h1-4,6,12,16H,5,7-9H2,(H,25,26,27). The van der Waals surface area contributed by atoms with Crippen molar-refractivity contribution in [1.82, 2.24) is 24.8 Å². The van der Waals surface area contributed by atoms with E-state index in [9.17, 15) is 13.6 Å². The van der Waals surface area contributed by atoms with Crippen LogP contribution in [0.5, 0.6) is 0 Å². The molecule has 3 aromatic rings. The van der Waals surface area contributed by atoms with Gasteiger partial charge in [0.05, 0.1) is 24.6 Å². The molecule has 11 heteroatoms. The van der Waals surface area contributed by atoms with Gasteiger partial charge in [-0.05, 0) is 36.2 Å². The lowest BCUT2D eigenvalue weighted by Crippen LogP contribution is -2.39. The molecule has 1 fully saturated rings. The third-order valence-electron chi connectivity index (χ3n) is 4.90. The highest BCUT2D eigenvalue weighted by Gasteiger charge is 2.39. The van der Waals surface area contributed by atoms with Gasteiger partial charge in [-0.2, -0.15) is 0 Å². The highest BCUT2D eigenvalue weighted by molar-refractivity contribution is 6.35. The molecule has 2 amide bonds. The molecule has 0 aliphatic carbocycles. The molecule has 0 spiro atoms. The lowest BCUT2D eigenvalue weighted by Gasteiger charge is -2.23. The quantitative estimate of drug-likeness (QED) is 0.510. The van der Waals surface area contributed by atoms with E-state index in [0.29, 0.717) is 38.6 Å². The van der Waals surface area contributed by atoms with Crippen molar-refractivity contribution in [2.45, 2.75) is 25.4 Å². The molecule has 30 heavy (non-hydrogen) atoms. The van der Waals surface area contributed by atoms with Gasteiger partial charge in [0.25, 0.3) is 6.43 Å². The maximum atomic E-state index is 13.1. The second-order valence-corrected chi connectivity index (χ2v) is 8.22. The first-order valence-electron chi connectivity index (χ1n) is 9.09.